The maximum atomic E-state index is 12.4. The van der Waals surface area contributed by atoms with Gasteiger partial charge in [0, 0.05) is 5.56 Å². The van der Waals surface area contributed by atoms with Crippen LogP contribution in [0.25, 0.3) is 10.2 Å². The van der Waals surface area contributed by atoms with Gasteiger partial charge in [-0.3, -0.25) is 10.2 Å². The largest absolute Gasteiger partial charge is 0.321 e. The molecule has 0 atom stereocenters. The lowest BCUT2D eigenvalue weighted by Crippen LogP contribution is -2.13. The normalized spacial score (nSPS) is 10.8. The van der Waals surface area contributed by atoms with Gasteiger partial charge in [-0.05, 0) is 24.6 Å². The van der Waals surface area contributed by atoms with Crippen LogP contribution in [0.4, 0.5) is 10.8 Å². The molecule has 2 aromatic carbocycles. The van der Waals surface area contributed by atoms with E-state index in [-0.39, 0.29) is 5.91 Å². The zero-order valence-corrected chi connectivity index (χ0v) is 14.3. The Labute approximate surface area is 146 Å². The summed E-state index contributed by atoms with van der Waals surface area (Å²) in [4.78, 5) is 16.7. The highest BCUT2D eigenvalue weighted by Gasteiger charge is 2.17. The molecule has 4 N–H and O–H groups in total. The molecule has 0 fully saturated rings. The summed E-state index contributed by atoms with van der Waals surface area (Å²) in [5.74, 6) is 5.12. The molecule has 1 amide bonds. The first kappa shape index (κ1) is 16.0. The van der Waals surface area contributed by atoms with Crippen LogP contribution < -0.4 is 16.6 Å². The number of aryl methyl sites for hydroxylation is 1. The Hall–Kier alpha value is -1.86. The molecule has 23 heavy (non-hydrogen) atoms. The van der Waals surface area contributed by atoms with Gasteiger partial charge >= 0.3 is 0 Å². The number of hydrazine groups is 1. The highest BCUT2D eigenvalue weighted by Crippen LogP contribution is 2.40. The van der Waals surface area contributed by atoms with E-state index in [9.17, 15) is 4.79 Å². The summed E-state index contributed by atoms with van der Waals surface area (Å²) < 4.78 is 0.659. The molecule has 3 aromatic rings. The topological polar surface area (TPSA) is 80.0 Å². The number of fused-ring (bicyclic) bond motifs is 1. The predicted octanol–water partition coefficient (Wildman–Crippen LogP) is 4.45. The molecule has 0 aliphatic carbocycles. The summed E-state index contributed by atoms with van der Waals surface area (Å²) in [6.07, 6.45) is 0. The standard InChI is InChI=1S/C15H12Cl2N4OS/c1-7-4-2-3-5-8(7)14(22)19-10-6-9(16)12-13(11(10)17)23-15(20-12)21-18/h2-6H,18H2,1H3,(H,19,22)(H,20,21). The second-order valence-corrected chi connectivity index (χ2v) is 6.61. The van der Waals surface area contributed by atoms with Gasteiger partial charge in [0.25, 0.3) is 5.91 Å². The predicted molar refractivity (Wildman–Crippen MR) is 96.6 cm³/mol. The highest BCUT2D eigenvalue weighted by molar-refractivity contribution is 7.23. The van der Waals surface area contributed by atoms with Crippen molar-refractivity contribution in [2.45, 2.75) is 6.92 Å². The fourth-order valence-electron chi connectivity index (χ4n) is 2.18. The van der Waals surface area contributed by atoms with E-state index in [4.69, 9.17) is 29.0 Å². The summed E-state index contributed by atoms with van der Waals surface area (Å²) in [5, 5.41) is 4.06. The molecule has 118 valence electrons. The molecule has 0 unspecified atom stereocenters. The van der Waals surface area contributed by atoms with Crippen molar-refractivity contribution in [2.24, 2.45) is 5.84 Å². The summed E-state index contributed by atoms with van der Waals surface area (Å²) in [5.41, 5.74) is 4.90. The number of thiazole rings is 1. The fraction of sp³-hybridized carbons (Fsp3) is 0.0667. The Balaban J connectivity index is 2.02. The van der Waals surface area contributed by atoms with E-state index in [0.29, 0.717) is 36.6 Å². The smallest absolute Gasteiger partial charge is 0.255 e. The number of benzene rings is 2. The summed E-state index contributed by atoms with van der Waals surface area (Å²) in [7, 11) is 0. The third kappa shape index (κ3) is 2.98. The molecule has 0 spiro atoms. The average molecular weight is 367 g/mol. The number of nitrogens with zero attached hydrogens (tertiary/aromatic N) is 1. The molecule has 8 heteroatoms. The van der Waals surface area contributed by atoms with Gasteiger partial charge in [-0.1, -0.05) is 52.7 Å². The lowest BCUT2D eigenvalue weighted by atomic mass is 10.1. The van der Waals surface area contributed by atoms with Crippen LogP contribution >= 0.6 is 34.5 Å². The van der Waals surface area contributed by atoms with Gasteiger partial charge < -0.3 is 5.32 Å². The Kier molecular flexibility index (Phi) is 4.41. The van der Waals surface area contributed by atoms with E-state index < -0.39 is 0 Å². The quantitative estimate of drug-likeness (QED) is 0.472. The van der Waals surface area contributed by atoms with Gasteiger partial charge in [-0.25, -0.2) is 10.8 Å². The van der Waals surface area contributed by atoms with Crippen molar-refractivity contribution in [1.82, 2.24) is 4.98 Å². The number of rotatable bonds is 3. The number of anilines is 2. The third-order valence-electron chi connectivity index (χ3n) is 3.32. The molecule has 0 aliphatic heterocycles. The Bertz CT molecular complexity index is 910. The third-order valence-corrected chi connectivity index (χ3v) is 5.12. The van der Waals surface area contributed by atoms with Gasteiger partial charge in [-0.2, -0.15) is 0 Å². The summed E-state index contributed by atoms with van der Waals surface area (Å²) in [6.45, 7) is 1.87. The SMILES string of the molecule is Cc1ccccc1C(=O)Nc1cc(Cl)c2nc(NN)sc2c1Cl. The van der Waals surface area contributed by atoms with Crippen LogP contribution in [0.1, 0.15) is 15.9 Å². The van der Waals surface area contributed by atoms with Crippen molar-refractivity contribution < 1.29 is 4.79 Å². The number of halogens is 2. The van der Waals surface area contributed by atoms with Crippen molar-refractivity contribution in [3.05, 3.63) is 51.5 Å². The van der Waals surface area contributed by atoms with Crippen LogP contribution in [0.5, 0.6) is 0 Å². The number of amides is 1. The van der Waals surface area contributed by atoms with Gasteiger partial charge in [0.2, 0.25) is 0 Å². The maximum absolute atomic E-state index is 12.4. The summed E-state index contributed by atoms with van der Waals surface area (Å²) >= 11 is 13.9. The van der Waals surface area contributed by atoms with E-state index in [1.807, 2.05) is 25.1 Å². The number of nitrogens with two attached hydrogens (primary N) is 1. The fourth-order valence-corrected chi connectivity index (χ4v) is 3.63. The Morgan fingerprint density at radius 2 is 2.04 bits per heavy atom. The molecular weight excluding hydrogens is 355 g/mol. The van der Waals surface area contributed by atoms with Crippen molar-refractivity contribution in [3.8, 4) is 0 Å². The Morgan fingerprint density at radius 1 is 1.30 bits per heavy atom. The van der Waals surface area contributed by atoms with Gasteiger partial charge in [0.05, 0.1) is 20.4 Å². The zero-order chi connectivity index (χ0) is 16.6. The molecular formula is C15H12Cl2N4OS. The van der Waals surface area contributed by atoms with E-state index >= 15 is 0 Å². The van der Waals surface area contributed by atoms with Crippen LogP contribution in [0.3, 0.4) is 0 Å². The number of carbonyl (C=O) groups is 1. The summed E-state index contributed by atoms with van der Waals surface area (Å²) in [6, 6.07) is 8.89. The minimum atomic E-state index is -0.248. The van der Waals surface area contributed by atoms with Crippen LogP contribution in [-0.2, 0) is 0 Å². The van der Waals surface area contributed by atoms with Crippen LogP contribution in [0.15, 0.2) is 30.3 Å². The minimum Gasteiger partial charge on any atom is -0.321 e. The van der Waals surface area contributed by atoms with E-state index in [1.54, 1.807) is 12.1 Å². The molecule has 0 bridgehead atoms. The second-order valence-electron chi connectivity index (χ2n) is 4.83. The molecule has 5 nitrogen and oxygen atoms in total. The number of nitrogen functional groups attached to an aromatic ring is 1. The van der Waals surface area contributed by atoms with Crippen LogP contribution in [-0.4, -0.2) is 10.9 Å². The van der Waals surface area contributed by atoms with Crippen molar-refractivity contribution in [1.29, 1.82) is 0 Å². The number of hydrogen-bond donors (Lipinski definition) is 3. The average Bonchev–Trinajstić information content (AvgIpc) is 2.98. The number of nitrogens with one attached hydrogen (secondary N) is 2. The van der Waals surface area contributed by atoms with Gasteiger partial charge in [0.1, 0.15) is 5.52 Å². The van der Waals surface area contributed by atoms with Crippen LogP contribution in [0, 0.1) is 6.92 Å². The lowest BCUT2D eigenvalue weighted by molar-refractivity contribution is 0.102. The number of carbonyl (C=O) groups excluding carboxylic acids is 1. The molecule has 1 aromatic heterocycles. The first-order valence-corrected chi connectivity index (χ1v) is 8.20. The minimum absolute atomic E-state index is 0.248. The monoisotopic (exact) mass is 366 g/mol. The van der Waals surface area contributed by atoms with E-state index in [2.05, 4.69) is 15.7 Å². The first-order chi connectivity index (χ1) is 11.0. The molecule has 3 rings (SSSR count). The number of hydrogen-bond acceptors (Lipinski definition) is 5. The number of aromatic nitrogens is 1. The first-order valence-electron chi connectivity index (χ1n) is 6.63. The molecule has 0 radical (unpaired) electrons. The second kappa shape index (κ2) is 6.33. The van der Waals surface area contributed by atoms with Gasteiger partial charge in [0.15, 0.2) is 5.13 Å². The van der Waals surface area contributed by atoms with Gasteiger partial charge in [-0.15, -0.1) is 0 Å². The van der Waals surface area contributed by atoms with Crippen molar-refractivity contribution in [3.63, 3.8) is 0 Å². The zero-order valence-electron chi connectivity index (χ0n) is 12.0. The molecule has 1 heterocycles. The lowest BCUT2D eigenvalue weighted by Gasteiger charge is -2.10. The maximum Gasteiger partial charge on any atom is 0.255 e. The molecule has 0 saturated heterocycles. The molecule has 0 saturated carbocycles. The van der Waals surface area contributed by atoms with Crippen molar-refractivity contribution >= 4 is 61.5 Å². The Morgan fingerprint density at radius 3 is 2.74 bits per heavy atom. The van der Waals surface area contributed by atoms with E-state index in [1.165, 1.54) is 11.3 Å². The van der Waals surface area contributed by atoms with Crippen LogP contribution in [0.2, 0.25) is 10.0 Å². The van der Waals surface area contributed by atoms with E-state index in [0.717, 1.165) is 5.56 Å². The molecule has 0 aliphatic rings. The highest BCUT2D eigenvalue weighted by atomic mass is 35.5. The van der Waals surface area contributed by atoms with Crippen molar-refractivity contribution in [2.75, 3.05) is 10.7 Å².